The van der Waals surface area contributed by atoms with Crippen LogP contribution in [0.2, 0.25) is 0 Å². The summed E-state index contributed by atoms with van der Waals surface area (Å²) in [6.07, 6.45) is 2.15. The molecular weight excluding hydrogens is 384 g/mol. The zero-order chi connectivity index (χ0) is 20.7. The number of rotatable bonds is 8. The summed E-state index contributed by atoms with van der Waals surface area (Å²) in [5.41, 5.74) is 1.31. The van der Waals surface area contributed by atoms with Gasteiger partial charge in [0.15, 0.2) is 5.96 Å². The van der Waals surface area contributed by atoms with Crippen molar-refractivity contribution in [2.45, 2.75) is 38.7 Å². The van der Waals surface area contributed by atoms with Crippen molar-refractivity contribution in [2.75, 3.05) is 31.1 Å². The maximum atomic E-state index is 12.6. The fourth-order valence-electron chi connectivity index (χ4n) is 3.42. The lowest BCUT2D eigenvalue weighted by Crippen LogP contribution is -2.39. The van der Waals surface area contributed by atoms with Crippen LogP contribution in [0, 0.1) is 0 Å². The SMILES string of the molecule is CCNC(=NCC(C)(O)c1cccs1)NCCCC(=O)N1CCc2ccccc21. The highest BCUT2D eigenvalue weighted by Crippen LogP contribution is 2.28. The first-order valence-corrected chi connectivity index (χ1v) is 11.1. The molecule has 0 fully saturated rings. The molecule has 29 heavy (non-hydrogen) atoms. The van der Waals surface area contributed by atoms with Gasteiger partial charge in [0.1, 0.15) is 5.60 Å². The number of amides is 1. The number of carbonyl (C=O) groups is 1. The predicted molar refractivity (Wildman–Crippen MR) is 120 cm³/mol. The van der Waals surface area contributed by atoms with Crippen LogP contribution in [-0.2, 0) is 16.8 Å². The van der Waals surface area contributed by atoms with Crippen molar-refractivity contribution in [2.24, 2.45) is 4.99 Å². The zero-order valence-corrected chi connectivity index (χ0v) is 18.0. The summed E-state index contributed by atoms with van der Waals surface area (Å²) < 4.78 is 0. The average Bonchev–Trinajstić information content (AvgIpc) is 3.39. The molecule has 2 aromatic rings. The van der Waals surface area contributed by atoms with E-state index in [2.05, 4.69) is 21.7 Å². The van der Waals surface area contributed by atoms with Crippen molar-refractivity contribution in [1.82, 2.24) is 10.6 Å². The molecular formula is C22H30N4O2S. The minimum atomic E-state index is -0.990. The molecule has 0 radical (unpaired) electrons. The van der Waals surface area contributed by atoms with E-state index >= 15 is 0 Å². The standard InChI is InChI=1S/C22H30N4O2S/c1-3-23-21(25-16-22(2,28)19-10-7-15-29-19)24-13-6-11-20(27)26-14-12-17-8-4-5-9-18(17)26/h4-5,7-10,15,28H,3,6,11-14,16H2,1-2H3,(H2,23,24,25). The van der Waals surface area contributed by atoms with Gasteiger partial charge in [-0.1, -0.05) is 24.3 Å². The Morgan fingerprint density at radius 2 is 2.10 bits per heavy atom. The van der Waals surface area contributed by atoms with Crippen LogP contribution >= 0.6 is 11.3 Å². The third kappa shape index (κ3) is 5.58. The first-order valence-electron chi connectivity index (χ1n) is 10.2. The van der Waals surface area contributed by atoms with E-state index in [0.29, 0.717) is 18.9 Å². The Balaban J connectivity index is 1.47. The normalized spacial score (nSPS) is 15.7. The molecule has 2 heterocycles. The molecule has 0 aliphatic carbocycles. The number of aliphatic imine (C=N–C) groups is 1. The molecule has 1 aliphatic heterocycles. The lowest BCUT2D eigenvalue weighted by Gasteiger charge is -2.21. The summed E-state index contributed by atoms with van der Waals surface area (Å²) in [4.78, 5) is 19.9. The average molecular weight is 415 g/mol. The topological polar surface area (TPSA) is 77.0 Å². The van der Waals surface area contributed by atoms with Crippen molar-refractivity contribution in [1.29, 1.82) is 0 Å². The second kappa shape index (κ2) is 9.89. The van der Waals surface area contributed by atoms with Crippen molar-refractivity contribution >= 4 is 28.9 Å². The van der Waals surface area contributed by atoms with Gasteiger partial charge in [-0.2, -0.15) is 0 Å². The molecule has 1 aromatic carbocycles. The van der Waals surface area contributed by atoms with E-state index in [0.717, 1.165) is 36.5 Å². The molecule has 6 nitrogen and oxygen atoms in total. The third-order valence-electron chi connectivity index (χ3n) is 4.99. The highest BCUT2D eigenvalue weighted by Gasteiger charge is 2.25. The summed E-state index contributed by atoms with van der Waals surface area (Å²) in [6, 6.07) is 12.0. The maximum absolute atomic E-state index is 12.6. The lowest BCUT2D eigenvalue weighted by molar-refractivity contribution is -0.118. The summed E-state index contributed by atoms with van der Waals surface area (Å²) >= 11 is 1.52. The molecule has 0 bridgehead atoms. The Hall–Kier alpha value is -2.38. The van der Waals surface area contributed by atoms with Gasteiger partial charge in [-0.3, -0.25) is 4.79 Å². The minimum Gasteiger partial charge on any atom is -0.383 e. The maximum Gasteiger partial charge on any atom is 0.227 e. The molecule has 0 saturated carbocycles. The lowest BCUT2D eigenvalue weighted by atomic mass is 10.1. The molecule has 1 aromatic heterocycles. The number of carbonyl (C=O) groups excluding carboxylic acids is 1. The van der Waals surface area contributed by atoms with Crippen LogP contribution < -0.4 is 15.5 Å². The van der Waals surface area contributed by atoms with Gasteiger partial charge in [-0.05, 0) is 49.8 Å². The van der Waals surface area contributed by atoms with Crippen LogP contribution in [0.1, 0.15) is 37.1 Å². The van der Waals surface area contributed by atoms with E-state index in [4.69, 9.17) is 0 Å². The van der Waals surface area contributed by atoms with E-state index in [1.54, 1.807) is 6.92 Å². The van der Waals surface area contributed by atoms with Crippen molar-refractivity contribution in [3.8, 4) is 0 Å². The molecule has 156 valence electrons. The van der Waals surface area contributed by atoms with Crippen molar-refractivity contribution < 1.29 is 9.90 Å². The second-order valence-electron chi connectivity index (χ2n) is 7.40. The fraction of sp³-hybridized carbons (Fsp3) is 0.455. The van der Waals surface area contributed by atoms with Crippen molar-refractivity contribution in [3.63, 3.8) is 0 Å². The quantitative estimate of drug-likeness (QED) is 0.353. The zero-order valence-electron chi connectivity index (χ0n) is 17.1. The molecule has 7 heteroatoms. The number of aliphatic hydroxyl groups is 1. The highest BCUT2D eigenvalue weighted by atomic mass is 32.1. The number of hydrogen-bond donors (Lipinski definition) is 3. The Bertz CT molecular complexity index is 833. The molecule has 1 amide bonds. The predicted octanol–water partition coefficient (Wildman–Crippen LogP) is 2.88. The smallest absolute Gasteiger partial charge is 0.227 e. The van der Waals surface area contributed by atoms with Gasteiger partial charge in [0.05, 0.1) is 6.54 Å². The number of anilines is 1. The number of hydrogen-bond acceptors (Lipinski definition) is 4. The Morgan fingerprint density at radius 1 is 1.28 bits per heavy atom. The molecule has 0 spiro atoms. The van der Waals surface area contributed by atoms with Crippen LogP contribution in [0.5, 0.6) is 0 Å². The van der Waals surface area contributed by atoms with Crippen LogP contribution in [0.4, 0.5) is 5.69 Å². The van der Waals surface area contributed by atoms with Gasteiger partial charge in [-0.25, -0.2) is 4.99 Å². The number of guanidine groups is 1. The van der Waals surface area contributed by atoms with E-state index in [-0.39, 0.29) is 12.5 Å². The number of fused-ring (bicyclic) bond motifs is 1. The molecule has 1 unspecified atom stereocenters. The van der Waals surface area contributed by atoms with Crippen LogP contribution in [0.25, 0.3) is 0 Å². The summed E-state index contributed by atoms with van der Waals surface area (Å²) in [6.45, 7) is 6.20. The molecule has 3 rings (SSSR count). The first-order chi connectivity index (χ1) is 14.0. The van der Waals surface area contributed by atoms with E-state index in [9.17, 15) is 9.90 Å². The fourth-order valence-corrected chi connectivity index (χ4v) is 4.20. The van der Waals surface area contributed by atoms with Gasteiger partial charge in [0, 0.05) is 36.6 Å². The number of benzene rings is 1. The Labute approximate surface area is 176 Å². The number of thiophene rings is 1. The molecule has 3 N–H and O–H groups in total. The van der Waals surface area contributed by atoms with E-state index < -0.39 is 5.60 Å². The van der Waals surface area contributed by atoms with Gasteiger partial charge in [0.2, 0.25) is 5.91 Å². The monoisotopic (exact) mass is 414 g/mol. The van der Waals surface area contributed by atoms with Gasteiger partial charge < -0.3 is 20.6 Å². The number of nitrogens with one attached hydrogen (secondary N) is 2. The van der Waals surface area contributed by atoms with Crippen LogP contribution in [0.15, 0.2) is 46.8 Å². The van der Waals surface area contributed by atoms with Crippen LogP contribution in [-0.4, -0.2) is 43.2 Å². The van der Waals surface area contributed by atoms with E-state index in [1.165, 1.54) is 16.9 Å². The minimum absolute atomic E-state index is 0.166. The number of nitrogens with zero attached hydrogens (tertiary/aromatic N) is 2. The summed E-state index contributed by atoms with van der Waals surface area (Å²) in [7, 11) is 0. The largest absolute Gasteiger partial charge is 0.383 e. The molecule has 1 aliphatic rings. The summed E-state index contributed by atoms with van der Waals surface area (Å²) in [5.74, 6) is 0.822. The molecule has 0 saturated heterocycles. The third-order valence-corrected chi connectivity index (χ3v) is 6.11. The Morgan fingerprint density at radius 3 is 2.86 bits per heavy atom. The second-order valence-corrected chi connectivity index (χ2v) is 8.35. The van der Waals surface area contributed by atoms with Gasteiger partial charge in [0.25, 0.3) is 0 Å². The van der Waals surface area contributed by atoms with Crippen molar-refractivity contribution in [3.05, 3.63) is 52.2 Å². The first kappa shape index (κ1) is 21.3. The van der Waals surface area contributed by atoms with Gasteiger partial charge >= 0.3 is 0 Å². The van der Waals surface area contributed by atoms with Crippen LogP contribution in [0.3, 0.4) is 0 Å². The van der Waals surface area contributed by atoms with E-state index in [1.807, 2.05) is 47.5 Å². The molecule has 1 atom stereocenters. The Kier molecular flexibility index (Phi) is 7.28. The highest BCUT2D eigenvalue weighted by molar-refractivity contribution is 7.10. The summed E-state index contributed by atoms with van der Waals surface area (Å²) in [5, 5.41) is 19.0. The van der Waals surface area contributed by atoms with Gasteiger partial charge in [-0.15, -0.1) is 11.3 Å². The number of para-hydroxylation sites is 1.